The van der Waals surface area contributed by atoms with Crippen molar-refractivity contribution in [2.75, 3.05) is 77.7 Å². The summed E-state index contributed by atoms with van der Waals surface area (Å²) in [7, 11) is 1.73. The number of carbonyl (C=O) groups excluding carboxylic acids is 2. The molecular weight excluding hydrogens is 674 g/mol. The number of fused-ring (bicyclic) bond motifs is 1. The first-order chi connectivity index (χ1) is 25.5. The number of carbonyl (C=O) groups is 2. The van der Waals surface area contributed by atoms with Crippen molar-refractivity contribution in [3.63, 3.8) is 0 Å². The first-order valence-electron chi connectivity index (χ1n) is 19.7. The van der Waals surface area contributed by atoms with Gasteiger partial charge in [0.25, 0.3) is 0 Å². The number of anilines is 1. The van der Waals surface area contributed by atoms with Gasteiger partial charge in [0, 0.05) is 58.8 Å². The van der Waals surface area contributed by atoms with Crippen molar-refractivity contribution in [1.82, 2.24) is 9.80 Å². The summed E-state index contributed by atoms with van der Waals surface area (Å²) in [5, 5.41) is 0. The predicted octanol–water partition coefficient (Wildman–Crippen LogP) is 6.80. The summed E-state index contributed by atoms with van der Waals surface area (Å²) in [6.45, 7) is 17.3. The smallest absolute Gasteiger partial charge is 0.410 e. The number of benzene rings is 2. The molecule has 0 radical (unpaired) electrons. The number of rotatable bonds is 17. The lowest BCUT2D eigenvalue weighted by molar-refractivity contribution is -0.130. The van der Waals surface area contributed by atoms with Gasteiger partial charge in [-0.3, -0.25) is 4.79 Å². The average molecular weight is 738 g/mol. The maximum absolute atomic E-state index is 13.6. The van der Waals surface area contributed by atoms with Crippen molar-refractivity contribution >= 4 is 17.7 Å². The number of hydrogen-bond acceptors (Lipinski definition) is 9. The minimum atomic E-state index is -0.635. The Bertz CT molecular complexity index is 1440. The molecule has 2 fully saturated rings. The van der Waals surface area contributed by atoms with Gasteiger partial charge in [0.2, 0.25) is 5.91 Å². The molecule has 1 unspecified atom stereocenters. The molecule has 3 heterocycles. The van der Waals surface area contributed by atoms with Gasteiger partial charge in [-0.1, -0.05) is 30.3 Å². The van der Waals surface area contributed by atoms with Gasteiger partial charge >= 0.3 is 6.09 Å². The molecule has 2 aromatic carbocycles. The fourth-order valence-electron chi connectivity index (χ4n) is 7.68. The van der Waals surface area contributed by atoms with Crippen LogP contribution in [0.15, 0.2) is 42.5 Å². The quantitative estimate of drug-likeness (QED) is 0.162. The molecule has 294 valence electrons. The number of nitrogens with zero attached hydrogens (tertiary/aromatic N) is 3. The average Bonchev–Trinajstić information content (AvgIpc) is 3.68. The molecular formula is C42H63N3O8. The zero-order valence-electron chi connectivity index (χ0n) is 33.0. The monoisotopic (exact) mass is 737 g/mol. The summed E-state index contributed by atoms with van der Waals surface area (Å²) in [6, 6.07) is 14.8. The number of piperidine rings is 1. The van der Waals surface area contributed by atoms with Crippen LogP contribution in [-0.4, -0.2) is 112 Å². The van der Waals surface area contributed by atoms with Crippen molar-refractivity contribution in [1.29, 1.82) is 0 Å². The topological polar surface area (TPSA) is 99.2 Å². The number of hydrogen-bond donors (Lipinski definition) is 0. The van der Waals surface area contributed by atoms with Gasteiger partial charge in [0.05, 0.1) is 50.8 Å². The van der Waals surface area contributed by atoms with Crippen LogP contribution in [0.5, 0.6) is 5.75 Å². The molecule has 2 aromatic rings. The van der Waals surface area contributed by atoms with Crippen LogP contribution in [0, 0.1) is 5.92 Å². The Hall–Kier alpha value is -3.38. The van der Waals surface area contributed by atoms with E-state index >= 15 is 0 Å². The minimum absolute atomic E-state index is 0.0184. The van der Waals surface area contributed by atoms with Gasteiger partial charge in [0.15, 0.2) is 0 Å². The van der Waals surface area contributed by atoms with Gasteiger partial charge in [-0.15, -0.1) is 0 Å². The van der Waals surface area contributed by atoms with Crippen molar-refractivity contribution < 1.29 is 38.0 Å². The SMILES string of the molecule is CCOC(C)COCc1ccc([C@H]2[C@H](CCC(=O)N3CCCC3)CN(C(=O)OC(C)(C)C)C[C@@H]2OCc2ccc3c(c2)N(CCCOC)CCO3)cc1. The Morgan fingerprint density at radius 2 is 1.72 bits per heavy atom. The normalized spacial score (nSPS) is 20.9. The lowest BCUT2D eigenvalue weighted by Gasteiger charge is -2.44. The molecule has 0 aliphatic carbocycles. The Morgan fingerprint density at radius 1 is 0.962 bits per heavy atom. The van der Waals surface area contributed by atoms with Crippen LogP contribution in [0.3, 0.4) is 0 Å². The molecule has 5 rings (SSSR count). The maximum atomic E-state index is 13.6. The minimum Gasteiger partial charge on any atom is -0.490 e. The summed E-state index contributed by atoms with van der Waals surface area (Å²) in [5.41, 5.74) is 3.68. The lowest BCUT2D eigenvalue weighted by atomic mass is 9.76. The van der Waals surface area contributed by atoms with Crippen molar-refractivity contribution in [3.05, 3.63) is 59.2 Å². The molecule has 0 spiro atoms. The molecule has 11 heteroatoms. The summed E-state index contributed by atoms with van der Waals surface area (Å²) in [5.74, 6) is 1.01. The van der Waals surface area contributed by atoms with Crippen LogP contribution in [0.2, 0.25) is 0 Å². The van der Waals surface area contributed by atoms with E-state index in [9.17, 15) is 9.59 Å². The highest BCUT2D eigenvalue weighted by atomic mass is 16.6. The van der Waals surface area contributed by atoms with E-state index in [4.69, 9.17) is 28.4 Å². The van der Waals surface area contributed by atoms with E-state index in [2.05, 4.69) is 41.3 Å². The van der Waals surface area contributed by atoms with E-state index in [1.165, 1.54) is 0 Å². The van der Waals surface area contributed by atoms with Crippen LogP contribution in [0.4, 0.5) is 10.5 Å². The van der Waals surface area contributed by atoms with Gasteiger partial charge in [-0.05, 0) is 95.0 Å². The van der Waals surface area contributed by atoms with Crippen LogP contribution in [0.25, 0.3) is 0 Å². The highest BCUT2D eigenvalue weighted by Crippen LogP contribution is 2.40. The second-order valence-electron chi connectivity index (χ2n) is 15.7. The van der Waals surface area contributed by atoms with Crippen molar-refractivity contribution in [2.45, 2.75) is 104 Å². The highest BCUT2D eigenvalue weighted by Gasteiger charge is 2.41. The summed E-state index contributed by atoms with van der Waals surface area (Å²) < 4.78 is 35.7. The van der Waals surface area contributed by atoms with E-state index < -0.39 is 5.60 Å². The van der Waals surface area contributed by atoms with E-state index in [1.54, 1.807) is 12.0 Å². The molecule has 0 N–H and O–H groups in total. The Labute approximate surface area is 317 Å². The number of likely N-dealkylation sites (tertiary alicyclic amines) is 2. The second-order valence-corrected chi connectivity index (χ2v) is 15.7. The third-order valence-electron chi connectivity index (χ3n) is 10.3. The first kappa shape index (κ1) is 40.8. The zero-order valence-corrected chi connectivity index (χ0v) is 33.0. The molecule has 3 aliphatic rings. The lowest BCUT2D eigenvalue weighted by Crippen LogP contribution is -2.52. The van der Waals surface area contributed by atoms with Crippen molar-refractivity contribution in [2.24, 2.45) is 5.92 Å². The summed E-state index contributed by atoms with van der Waals surface area (Å²) in [6.07, 6.45) is 3.48. The van der Waals surface area contributed by atoms with E-state index in [1.807, 2.05) is 45.6 Å². The van der Waals surface area contributed by atoms with E-state index in [-0.39, 0.29) is 36.0 Å². The first-order valence-corrected chi connectivity index (χ1v) is 19.7. The molecule has 0 bridgehead atoms. The fourth-order valence-corrected chi connectivity index (χ4v) is 7.68. The molecule has 2 saturated heterocycles. The fraction of sp³-hybridized carbons (Fsp3) is 0.667. The van der Waals surface area contributed by atoms with Crippen LogP contribution in [-0.2, 0) is 41.7 Å². The van der Waals surface area contributed by atoms with Crippen LogP contribution < -0.4 is 9.64 Å². The van der Waals surface area contributed by atoms with Crippen LogP contribution >= 0.6 is 0 Å². The Balaban J connectivity index is 1.39. The molecule has 4 atom stereocenters. The van der Waals surface area contributed by atoms with Crippen LogP contribution in [0.1, 0.15) is 89.3 Å². The number of methoxy groups -OCH3 is 1. The molecule has 11 nitrogen and oxygen atoms in total. The molecule has 3 aliphatic heterocycles. The third kappa shape index (κ3) is 12.1. The molecule has 0 aromatic heterocycles. The Morgan fingerprint density at radius 3 is 2.43 bits per heavy atom. The molecule has 2 amide bonds. The largest absolute Gasteiger partial charge is 0.490 e. The van der Waals surface area contributed by atoms with E-state index in [0.717, 1.165) is 73.6 Å². The second kappa shape index (κ2) is 19.8. The third-order valence-corrected chi connectivity index (χ3v) is 10.3. The summed E-state index contributed by atoms with van der Waals surface area (Å²) >= 11 is 0. The van der Waals surface area contributed by atoms with Gasteiger partial charge in [-0.25, -0.2) is 4.79 Å². The summed E-state index contributed by atoms with van der Waals surface area (Å²) in [4.78, 5) is 33.1. The molecule has 0 saturated carbocycles. The molecule has 53 heavy (non-hydrogen) atoms. The van der Waals surface area contributed by atoms with Gasteiger partial charge in [-0.2, -0.15) is 0 Å². The number of ether oxygens (including phenoxy) is 6. The van der Waals surface area contributed by atoms with Crippen molar-refractivity contribution in [3.8, 4) is 5.75 Å². The standard InChI is InChI=1S/C42H63N3O8/c1-7-50-31(2)28-49-29-32-11-14-34(15-12-32)40-35(16-18-39(46)44-19-8-9-20-44)26-45(41(47)53-42(3,4)5)27-38(40)52-30-33-13-17-37-36(25-33)43(22-24-51-37)21-10-23-48-6/h11-15,17,25,31,35,38,40H,7-10,16,18-24,26-30H2,1-6H3/t31?,35-,38+,40+/m1/s1. The Kier molecular flexibility index (Phi) is 15.2. The van der Waals surface area contributed by atoms with Gasteiger partial charge in [0.1, 0.15) is 18.0 Å². The van der Waals surface area contributed by atoms with E-state index in [0.29, 0.717) is 65.6 Å². The maximum Gasteiger partial charge on any atom is 0.410 e. The zero-order chi connectivity index (χ0) is 37.8. The predicted molar refractivity (Wildman–Crippen MR) is 205 cm³/mol. The van der Waals surface area contributed by atoms with Gasteiger partial charge < -0.3 is 43.1 Å². The highest BCUT2D eigenvalue weighted by molar-refractivity contribution is 5.76. The number of amides is 2.